The highest BCUT2D eigenvalue weighted by Gasteiger charge is 2.24. The van der Waals surface area contributed by atoms with E-state index < -0.39 is 6.10 Å². The number of amides is 1. The number of H-pyrrole nitrogens is 1. The lowest BCUT2D eigenvalue weighted by atomic mass is 9.92. The maximum atomic E-state index is 12.3. The van der Waals surface area contributed by atoms with Gasteiger partial charge in [-0.05, 0) is 31.0 Å². The molecule has 0 bridgehead atoms. The third-order valence-corrected chi connectivity index (χ3v) is 4.32. The summed E-state index contributed by atoms with van der Waals surface area (Å²) in [5.41, 5.74) is 1.62. The van der Waals surface area contributed by atoms with E-state index in [1.165, 1.54) is 0 Å². The molecule has 1 aromatic heterocycles. The van der Waals surface area contributed by atoms with Crippen molar-refractivity contribution in [2.45, 2.75) is 37.8 Å². The van der Waals surface area contributed by atoms with E-state index in [0.29, 0.717) is 16.7 Å². The van der Waals surface area contributed by atoms with E-state index in [9.17, 15) is 14.7 Å². The summed E-state index contributed by atoms with van der Waals surface area (Å²) in [7, 11) is 0. The summed E-state index contributed by atoms with van der Waals surface area (Å²) in [6, 6.07) is 8.13. The minimum atomic E-state index is -0.470. The van der Waals surface area contributed by atoms with Gasteiger partial charge in [-0.2, -0.15) is 0 Å². The van der Waals surface area contributed by atoms with Crippen LogP contribution in [0.3, 0.4) is 0 Å². The van der Waals surface area contributed by atoms with Crippen LogP contribution < -0.4 is 5.32 Å². The van der Waals surface area contributed by atoms with Gasteiger partial charge in [0.25, 0.3) is 5.91 Å². The molecular weight excluding hydrogens is 292 g/mol. The SMILES string of the molecule is O=C(NC1CCCCC1O)c1ccc(C(=O)c2cc[nH]c2)cc1. The minimum Gasteiger partial charge on any atom is -0.391 e. The van der Waals surface area contributed by atoms with Crippen molar-refractivity contribution in [1.29, 1.82) is 0 Å². The zero-order valence-electron chi connectivity index (χ0n) is 12.8. The van der Waals surface area contributed by atoms with Crippen LogP contribution in [0.5, 0.6) is 0 Å². The molecule has 1 aromatic carbocycles. The van der Waals surface area contributed by atoms with Crippen LogP contribution in [0.15, 0.2) is 42.7 Å². The summed E-state index contributed by atoms with van der Waals surface area (Å²) in [4.78, 5) is 27.3. The van der Waals surface area contributed by atoms with Gasteiger partial charge in [0.2, 0.25) is 0 Å². The number of ketones is 1. The van der Waals surface area contributed by atoms with E-state index in [0.717, 1.165) is 25.7 Å². The largest absolute Gasteiger partial charge is 0.391 e. The first kappa shape index (κ1) is 15.5. The first-order chi connectivity index (χ1) is 11.1. The van der Waals surface area contributed by atoms with E-state index in [1.54, 1.807) is 42.7 Å². The van der Waals surface area contributed by atoms with E-state index in [-0.39, 0.29) is 17.7 Å². The topological polar surface area (TPSA) is 82.2 Å². The Morgan fingerprint density at radius 2 is 1.70 bits per heavy atom. The maximum absolute atomic E-state index is 12.3. The van der Waals surface area contributed by atoms with Gasteiger partial charge in [-0.25, -0.2) is 0 Å². The molecule has 2 atom stereocenters. The van der Waals surface area contributed by atoms with Crippen LogP contribution >= 0.6 is 0 Å². The molecule has 1 fully saturated rings. The van der Waals surface area contributed by atoms with Gasteiger partial charge in [-0.15, -0.1) is 0 Å². The lowest BCUT2D eigenvalue weighted by Crippen LogP contribution is -2.45. The number of aliphatic hydroxyl groups excluding tert-OH is 1. The summed E-state index contributed by atoms with van der Waals surface area (Å²) >= 11 is 0. The molecule has 3 N–H and O–H groups in total. The molecule has 1 aliphatic carbocycles. The number of aliphatic hydroxyl groups is 1. The van der Waals surface area contributed by atoms with Crippen LogP contribution in [0.2, 0.25) is 0 Å². The summed E-state index contributed by atoms with van der Waals surface area (Å²) in [6.07, 6.45) is 6.43. The molecule has 0 saturated heterocycles. The van der Waals surface area contributed by atoms with Gasteiger partial charge in [0.1, 0.15) is 0 Å². The van der Waals surface area contributed by atoms with Crippen molar-refractivity contribution in [1.82, 2.24) is 10.3 Å². The zero-order valence-corrected chi connectivity index (χ0v) is 12.8. The van der Waals surface area contributed by atoms with Crippen molar-refractivity contribution in [2.24, 2.45) is 0 Å². The van der Waals surface area contributed by atoms with Gasteiger partial charge in [-0.1, -0.05) is 25.0 Å². The van der Waals surface area contributed by atoms with Crippen molar-refractivity contribution in [3.05, 3.63) is 59.4 Å². The fourth-order valence-electron chi connectivity index (χ4n) is 2.94. The van der Waals surface area contributed by atoms with Crippen LogP contribution in [-0.2, 0) is 0 Å². The number of aromatic amines is 1. The van der Waals surface area contributed by atoms with Gasteiger partial charge < -0.3 is 15.4 Å². The Labute approximate surface area is 134 Å². The second-order valence-electron chi connectivity index (χ2n) is 5.94. The summed E-state index contributed by atoms with van der Waals surface area (Å²) in [5.74, 6) is -0.294. The quantitative estimate of drug-likeness (QED) is 0.758. The molecule has 1 saturated carbocycles. The number of hydrogen-bond acceptors (Lipinski definition) is 3. The molecule has 2 aromatic rings. The number of benzene rings is 1. The number of aromatic nitrogens is 1. The van der Waals surface area contributed by atoms with E-state index in [4.69, 9.17) is 0 Å². The molecule has 120 valence electrons. The Morgan fingerprint density at radius 1 is 1.00 bits per heavy atom. The first-order valence-corrected chi connectivity index (χ1v) is 7.91. The second kappa shape index (κ2) is 6.79. The second-order valence-corrected chi connectivity index (χ2v) is 5.94. The summed E-state index contributed by atoms with van der Waals surface area (Å²) < 4.78 is 0. The number of carbonyl (C=O) groups is 2. The van der Waals surface area contributed by atoms with Crippen molar-refractivity contribution in [3.63, 3.8) is 0 Å². The number of rotatable bonds is 4. The average molecular weight is 312 g/mol. The number of hydrogen-bond donors (Lipinski definition) is 3. The number of carbonyl (C=O) groups excluding carboxylic acids is 2. The molecule has 1 heterocycles. The smallest absolute Gasteiger partial charge is 0.251 e. The Morgan fingerprint density at radius 3 is 2.35 bits per heavy atom. The van der Waals surface area contributed by atoms with Crippen LogP contribution in [0, 0.1) is 0 Å². The predicted octanol–water partition coefficient (Wildman–Crippen LogP) is 2.28. The van der Waals surface area contributed by atoms with Crippen molar-refractivity contribution in [2.75, 3.05) is 0 Å². The van der Waals surface area contributed by atoms with Crippen molar-refractivity contribution in [3.8, 4) is 0 Å². The zero-order chi connectivity index (χ0) is 16.2. The minimum absolute atomic E-state index is 0.0825. The molecule has 2 unspecified atom stereocenters. The van der Waals surface area contributed by atoms with Crippen molar-refractivity contribution < 1.29 is 14.7 Å². The fraction of sp³-hybridized carbons (Fsp3) is 0.333. The Bertz CT molecular complexity index is 677. The molecule has 5 nitrogen and oxygen atoms in total. The van der Waals surface area contributed by atoms with Crippen LogP contribution in [0.1, 0.15) is 52.0 Å². The van der Waals surface area contributed by atoms with E-state index in [2.05, 4.69) is 10.3 Å². The lowest BCUT2D eigenvalue weighted by molar-refractivity contribution is 0.0717. The Kier molecular flexibility index (Phi) is 4.57. The standard InChI is InChI=1S/C18H20N2O3/c21-16-4-2-1-3-15(16)20-18(23)13-7-5-12(6-8-13)17(22)14-9-10-19-11-14/h5-11,15-16,19,21H,1-4H2,(H,20,23). The summed E-state index contributed by atoms with van der Waals surface area (Å²) in [5, 5.41) is 12.8. The highest BCUT2D eigenvalue weighted by atomic mass is 16.3. The molecule has 0 spiro atoms. The molecule has 0 aliphatic heterocycles. The Balaban J connectivity index is 1.67. The Hall–Kier alpha value is -2.40. The average Bonchev–Trinajstić information content (AvgIpc) is 3.11. The lowest BCUT2D eigenvalue weighted by Gasteiger charge is -2.28. The van der Waals surface area contributed by atoms with Crippen LogP contribution in [0.4, 0.5) is 0 Å². The van der Waals surface area contributed by atoms with Crippen molar-refractivity contribution >= 4 is 11.7 Å². The highest BCUT2D eigenvalue weighted by molar-refractivity contribution is 6.09. The van der Waals surface area contributed by atoms with E-state index in [1.807, 2.05) is 0 Å². The van der Waals surface area contributed by atoms with Crippen LogP contribution in [-0.4, -0.2) is 33.9 Å². The third-order valence-electron chi connectivity index (χ3n) is 4.32. The molecule has 1 aliphatic rings. The highest BCUT2D eigenvalue weighted by Crippen LogP contribution is 2.19. The molecule has 5 heteroatoms. The predicted molar refractivity (Wildman–Crippen MR) is 86.4 cm³/mol. The normalized spacial score (nSPS) is 20.9. The monoisotopic (exact) mass is 312 g/mol. The van der Waals surface area contributed by atoms with Gasteiger partial charge in [0.15, 0.2) is 5.78 Å². The van der Waals surface area contributed by atoms with E-state index >= 15 is 0 Å². The maximum Gasteiger partial charge on any atom is 0.251 e. The van der Waals surface area contributed by atoms with Gasteiger partial charge in [0, 0.05) is 29.1 Å². The van der Waals surface area contributed by atoms with Gasteiger partial charge in [0.05, 0.1) is 12.1 Å². The van der Waals surface area contributed by atoms with Gasteiger partial charge >= 0.3 is 0 Å². The molecule has 3 rings (SSSR count). The fourth-order valence-corrected chi connectivity index (χ4v) is 2.94. The summed E-state index contributed by atoms with van der Waals surface area (Å²) in [6.45, 7) is 0. The van der Waals surface area contributed by atoms with Crippen LogP contribution in [0.25, 0.3) is 0 Å². The van der Waals surface area contributed by atoms with Gasteiger partial charge in [-0.3, -0.25) is 9.59 Å². The molecular formula is C18H20N2O3. The molecule has 1 amide bonds. The molecule has 23 heavy (non-hydrogen) atoms. The number of nitrogens with one attached hydrogen (secondary N) is 2. The first-order valence-electron chi connectivity index (χ1n) is 7.91. The third kappa shape index (κ3) is 3.51. The molecule has 0 radical (unpaired) electrons.